The zero-order valence-corrected chi connectivity index (χ0v) is 10.5. The molecule has 0 spiro atoms. The first-order valence-electron chi connectivity index (χ1n) is 5.86. The highest BCUT2D eigenvalue weighted by molar-refractivity contribution is 6.05. The van der Waals surface area contributed by atoms with E-state index in [1.54, 1.807) is 6.07 Å². The van der Waals surface area contributed by atoms with Crippen LogP contribution < -0.4 is 11.1 Å². The van der Waals surface area contributed by atoms with E-state index in [1.165, 1.54) is 17.3 Å². The fourth-order valence-electron chi connectivity index (χ4n) is 1.74. The van der Waals surface area contributed by atoms with Gasteiger partial charge in [-0.15, -0.1) is 0 Å². The van der Waals surface area contributed by atoms with Gasteiger partial charge in [-0.1, -0.05) is 11.8 Å². The standard InChI is InChI=1S/C13H12N4O3/c14-3-1-2-9-4-10(6-15-5-9)13(20)17-7-11(18)16-12(19)8-17/h4-6H,3,7-8,14H2,(H,16,18,19). The van der Waals surface area contributed by atoms with E-state index >= 15 is 0 Å². The zero-order chi connectivity index (χ0) is 14.5. The average Bonchev–Trinajstić information content (AvgIpc) is 2.43. The van der Waals surface area contributed by atoms with Crippen LogP contribution in [0, 0.1) is 11.8 Å². The van der Waals surface area contributed by atoms with Crippen LogP contribution in [0.3, 0.4) is 0 Å². The van der Waals surface area contributed by atoms with E-state index in [1.807, 2.05) is 0 Å². The van der Waals surface area contributed by atoms with Gasteiger partial charge in [0.25, 0.3) is 5.91 Å². The third-order valence-corrected chi connectivity index (χ3v) is 2.55. The van der Waals surface area contributed by atoms with Gasteiger partial charge in [-0.3, -0.25) is 24.7 Å². The van der Waals surface area contributed by atoms with Gasteiger partial charge in [0, 0.05) is 18.0 Å². The number of hydrogen-bond donors (Lipinski definition) is 2. The molecule has 1 fully saturated rings. The first-order valence-corrected chi connectivity index (χ1v) is 5.86. The number of nitrogens with one attached hydrogen (secondary N) is 1. The molecule has 1 aliphatic heterocycles. The lowest BCUT2D eigenvalue weighted by Crippen LogP contribution is -2.53. The van der Waals surface area contributed by atoms with Crippen molar-refractivity contribution in [1.29, 1.82) is 0 Å². The largest absolute Gasteiger partial charge is 0.320 e. The number of imide groups is 1. The lowest BCUT2D eigenvalue weighted by molar-refractivity contribution is -0.135. The number of carbonyl (C=O) groups is 3. The average molecular weight is 272 g/mol. The summed E-state index contributed by atoms with van der Waals surface area (Å²) in [5.41, 5.74) is 6.10. The van der Waals surface area contributed by atoms with Gasteiger partial charge in [-0.25, -0.2) is 0 Å². The van der Waals surface area contributed by atoms with Crippen LogP contribution >= 0.6 is 0 Å². The quantitative estimate of drug-likeness (QED) is 0.477. The predicted molar refractivity (Wildman–Crippen MR) is 69.2 cm³/mol. The Bertz CT molecular complexity index is 614. The fraction of sp³-hybridized carbons (Fsp3) is 0.231. The number of aromatic nitrogens is 1. The molecule has 0 aromatic carbocycles. The van der Waals surface area contributed by atoms with Crippen LogP contribution in [0.25, 0.3) is 0 Å². The molecule has 2 rings (SSSR count). The Morgan fingerprint density at radius 1 is 1.35 bits per heavy atom. The van der Waals surface area contributed by atoms with Crippen LogP contribution in [-0.4, -0.2) is 47.2 Å². The summed E-state index contributed by atoms with van der Waals surface area (Å²) in [6.45, 7) is -0.0917. The van der Waals surface area contributed by atoms with Crippen molar-refractivity contribution in [3.63, 3.8) is 0 Å². The highest BCUT2D eigenvalue weighted by Gasteiger charge is 2.27. The molecular weight excluding hydrogens is 260 g/mol. The van der Waals surface area contributed by atoms with E-state index < -0.39 is 17.7 Å². The molecule has 0 atom stereocenters. The van der Waals surface area contributed by atoms with Crippen molar-refractivity contribution in [2.75, 3.05) is 19.6 Å². The molecule has 1 aromatic rings. The minimum Gasteiger partial charge on any atom is -0.320 e. The molecule has 0 unspecified atom stereocenters. The van der Waals surface area contributed by atoms with E-state index in [9.17, 15) is 14.4 Å². The van der Waals surface area contributed by atoms with Crippen LogP contribution in [0.1, 0.15) is 15.9 Å². The Morgan fingerprint density at radius 2 is 2.05 bits per heavy atom. The summed E-state index contributed by atoms with van der Waals surface area (Å²) in [6.07, 6.45) is 2.88. The lowest BCUT2D eigenvalue weighted by atomic mass is 10.1. The monoisotopic (exact) mass is 272 g/mol. The van der Waals surface area contributed by atoms with Gasteiger partial charge in [0.2, 0.25) is 11.8 Å². The molecule has 2 heterocycles. The summed E-state index contributed by atoms with van der Waals surface area (Å²) in [6, 6.07) is 1.55. The molecule has 1 saturated heterocycles. The number of nitrogens with zero attached hydrogens (tertiary/aromatic N) is 2. The third kappa shape index (κ3) is 3.18. The number of hydrogen-bond acceptors (Lipinski definition) is 5. The predicted octanol–water partition coefficient (Wildman–Crippen LogP) is -1.51. The molecule has 3 amide bonds. The van der Waals surface area contributed by atoms with Gasteiger partial charge >= 0.3 is 0 Å². The van der Waals surface area contributed by atoms with Crippen molar-refractivity contribution < 1.29 is 14.4 Å². The second-order valence-electron chi connectivity index (χ2n) is 4.10. The van der Waals surface area contributed by atoms with Crippen molar-refractivity contribution in [2.24, 2.45) is 5.73 Å². The summed E-state index contributed by atoms with van der Waals surface area (Å²) in [7, 11) is 0. The van der Waals surface area contributed by atoms with Crippen molar-refractivity contribution in [2.45, 2.75) is 0 Å². The van der Waals surface area contributed by atoms with E-state index in [0.29, 0.717) is 5.56 Å². The number of amides is 3. The Kier molecular flexibility index (Phi) is 4.08. The molecule has 0 bridgehead atoms. The van der Waals surface area contributed by atoms with E-state index in [-0.39, 0.29) is 25.2 Å². The van der Waals surface area contributed by atoms with Gasteiger partial charge in [-0.05, 0) is 6.07 Å². The first-order chi connectivity index (χ1) is 9.60. The number of rotatable bonds is 1. The summed E-state index contributed by atoms with van der Waals surface area (Å²) in [5, 5.41) is 2.13. The summed E-state index contributed by atoms with van der Waals surface area (Å²) in [4.78, 5) is 39.8. The van der Waals surface area contributed by atoms with Crippen LogP contribution in [-0.2, 0) is 9.59 Å². The van der Waals surface area contributed by atoms with Gasteiger partial charge in [0.05, 0.1) is 12.1 Å². The smallest absolute Gasteiger partial charge is 0.256 e. The fourth-order valence-corrected chi connectivity index (χ4v) is 1.74. The van der Waals surface area contributed by atoms with Crippen LogP contribution in [0.5, 0.6) is 0 Å². The van der Waals surface area contributed by atoms with Gasteiger partial charge < -0.3 is 10.6 Å². The summed E-state index contributed by atoms with van der Waals surface area (Å²) >= 11 is 0. The number of carbonyl (C=O) groups excluding carboxylic acids is 3. The molecule has 102 valence electrons. The van der Waals surface area contributed by atoms with Crippen molar-refractivity contribution >= 4 is 17.7 Å². The minimum absolute atomic E-state index is 0.150. The van der Waals surface area contributed by atoms with Crippen molar-refractivity contribution in [1.82, 2.24) is 15.2 Å². The second-order valence-corrected chi connectivity index (χ2v) is 4.10. The molecule has 20 heavy (non-hydrogen) atoms. The maximum absolute atomic E-state index is 12.2. The number of piperazine rings is 1. The van der Waals surface area contributed by atoms with Gasteiger partial charge in [0.1, 0.15) is 13.1 Å². The molecule has 3 N–H and O–H groups in total. The molecule has 0 aliphatic carbocycles. The maximum atomic E-state index is 12.2. The molecule has 0 saturated carbocycles. The number of nitrogens with two attached hydrogens (primary N) is 1. The Morgan fingerprint density at radius 3 is 2.70 bits per heavy atom. The first kappa shape index (κ1) is 13.7. The number of pyridine rings is 1. The highest BCUT2D eigenvalue weighted by Crippen LogP contribution is 2.07. The topological polar surface area (TPSA) is 105 Å². The van der Waals surface area contributed by atoms with Gasteiger partial charge in [0.15, 0.2) is 0 Å². The molecular formula is C13H12N4O3. The minimum atomic E-state index is -0.498. The lowest BCUT2D eigenvalue weighted by Gasteiger charge is -2.25. The summed E-state index contributed by atoms with van der Waals surface area (Å²) < 4.78 is 0. The molecule has 7 heteroatoms. The van der Waals surface area contributed by atoms with Crippen LogP contribution in [0.4, 0.5) is 0 Å². The van der Waals surface area contributed by atoms with Crippen LogP contribution in [0.15, 0.2) is 18.5 Å². The van der Waals surface area contributed by atoms with E-state index in [0.717, 1.165) is 0 Å². The van der Waals surface area contributed by atoms with E-state index in [2.05, 4.69) is 22.1 Å². The molecule has 7 nitrogen and oxygen atoms in total. The summed E-state index contributed by atoms with van der Waals surface area (Å²) in [5.74, 6) is 3.99. The SMILES string of the molecule is NCC#Cc1cncc(C(=O)N2CC(=O)NC(=O)C2)c1. The molecule has 0 radical (unpaired) electrons. The third-order valence-electron chi connectivity index (χ3n) is 2.55. The maximum Gasteiger partial charge on any atom is 0.256 e. The Balaban J connectivity index is 2.20. The zero-order valence-electron chi connectivity index (χ0n) is 10.5. The normalized spacial score (nSPS) is 14.3. The molecule has 1 aromatic heterocycles. The second kappa shape index (κ2) is 5.95. The van der Waals surface area contributed by atoms with Crippen molar-refractivity contribution in [3.05, 3.63) is 29.6 Å². The Labute approximate surface area is 115 Å². The van der Waals surface area contributed by atoms with E-state index in [4.69, 9.17) is 5.73 Å². The van der Waals surface area contributed by atoms with Crippen LogP contribution in [0.2, 0.25) is 0 Å². The molecule has 1 aliphatic rings. The van der Waals surface area contributed by atoms with Crippen molar-refractivity contribution in [3.8, 4) is 11.8 Å². The Hall–Kier alpha value is -2.72. The van der Waals surface area contributed by atoms with Gasteiger partial charge in [-0.2, -0.15) is 0 Å². The highest BCUT2D eigenvalue weighted by atomic mass is 16.2.